The first-order valence-corrected chi connectivity index (χ1v) is 11.8. The van der Waals surface area contributed by atoms with E-state index in [0.29, 0.717) is 35.3 Å². The average Bonchev–Trinajstić information content (AvgIpc) is 3.33. The van der Waals surface area contributed by atoms with Crippen LogP contribution in [-0.4, -0.2) is 12.6 Å². The molecule has 0 bridgehead atoms. The van der Waals surface area contributed by atoms with Crippen LogP contribution >= 0.6 is 0 Å². The summed E-state index contributed by atoms with van der Waals surface area (Å²) in [5.74, 6) is -0.500. The molecule has 0 N–H and O–H groups in total. The molecule has 3 aromatic carbocycles. The molecule has 4 rings (SSSR count). The fourth-order valence-corrected chi connectivity index (χ4v) is 4.46. The predicted octanol–water partition coefficient (Wildman–Crippen LogP) is 8.00. The summed E-state index contributed by atoms with van der Waals surface area (Å²) >= 11 is 0. The van der Waals surface area contributed by atoms with E-state index < -0.39 is 17.7 Å². The standard InChI is InChI=1S/C29H26F4O3/c1-3-35-28(34)21-14-18(2)13-20(15-21)24-5-4-6-25(24)26-16-22(29(31,32)33)9-12-27(26)36-17-19-7-10-23(30)11-8-19/h7-16H,3-6,17H2,1-2H3. The summed E-state index contributed by atoms with van der Waals surface area (Å²) < 4.78 is 65.2. The fourth-order valence-electron chi connectivity index (χ4n) is 4.46. The van der Waals surface area contributed by atoms with Crippen LogP contribution < -0.4 is 4.74 Å². The van der Waals surface area contributed by atoms with Gasteiger partial charge in [-0.25, -0.2) is 9.18 Å². The number of ether oxygens (including phenoxy) is 2. The number of benzene rings is 3. The van der Waals surface area contributed by atoms with Crippen LogP contribution in [0.1, 0.15) is 64.4 Å². The zero-order valence-corrected chi connectivity index (χ0v) is 20.0. The summed E-state index contributed by atoms with van der Waals surface area (Å²) in [6.45, 7) is 3.92. The molecule has 0 fully saturated rings. The SMILES string of the molecule is CCOC(=O)c1cc(C)cc(C2=C(c3cc(C(F)(F)F)ccc3OCc3ccc(F)cc3)CCC2)c1. The van der Waals surface area contributed by atoms with E-state index in [1.54, 1.807) is 31.2 Å². The molecule has 0 heterocycles. The third-order valence-electron chi connectivity index (χ3n) is 6.09. The van der Waals surface area contributed by atoms with Gasteiger partial charge in [0.05, 0.1) is 17.7 Å². The van der Waals surface area contributed by atoms with Gasteiger partial charge < -0.3 is 9.47 Å². The Balaban J connectivity index is 1.78. The van der Waals surface area contributed by atoms with Gasteiger partial charge in [-0.3, -0.25) is 0 Å². The monoisotopic (exact) mass is 498 g/mol. The largest absolute Gasteiger partial charge is 0.488 e. The van der Waals surface area contributed by atoms with Gasteiger partial charge in [0.15, 0.2) is 0 Å². The summed E-state index contributed by atoms with van der Waals surface area (Å²) in [4.78, 5) is 12.4. The topological polar surface area (TPSA) is 35.5 Å². The molecule has 0 spiro atoms. The summed E-state index contributed by atoms with van der Waals surface area (Å²) in [5, 5.41) is 0. The van der Waals surface area contributed by atoms with E-state index in [0.717, 1.165) is 40.8 Å². The number of hydrogen-bond acceptors (Lipinski definition) is 3. The highest BCUT2D eigenvalue weighted by molar-refractivity contribution is 5.97. The zero-order valence-electron chi connectivity index (χ0n) is 20.0. The van der Waals surface area contributed by atoms with E-state index in [2.05, 4.69) is 0 Å². The number of halogens is 4. The second-order valence-electron chi connectivity index (χ2n) is 8.74. The lowest BCUT2D eigenvalue weighted by Crippen LogP contribution is -2.07. The number of esters is 1. The first kappa shape index (κ1) is 25.5. The van der Waals surface area contributed by atoms with Gasteiger partial charge in [0.1, 0.15) is 18.2 Å². The Kier molecular flexibility index (Phi) is 7.48. The van der Waals surface area contributed by atoms with E-state index in [1.807, 2.05) is 13.0 Å². The van der Waals surface area contributed by atoms with E-state index in [1.165, 1.54) is 18.2 Å². The Morgan fingerprint density at radius 1 is 0.944 bits per heavy atom. The van der Waals surface area contributed by atoms with Crippen molar-refractivity contribution in [3.05, 3.63) is 99.9 Å². The number of hydrogen-bond donors (Lipinski definition) is 0. The number of allylic oxidation sites excluding steroid dienone is 2. The molecule has 3 nitrogen and oxygen atoms in total. The van der Waals surface area contributed by atoms with Crippen LogP contribution in [-0.2, 0) is 17.5 Å². The molecule has 1 aliphatic rings. The Hall–Kier alpha value is -3.61. The van der Waals surface area contributed by atoms with Crippen molar-refractivity contribution in [2.75, 3.05) is 6.61 Å². The smallest absolute Gasteiger partial charge is 0.416 e. The fraction of sp³-hybridized carbons (Fsp3) is 0.276. The van der Waals surface area contributed by atoms with E-state index >= 15 is 0 Å². The lowest BCUT2D eigenvalue weighted by atomic mass is 9.93. The zero-order chi connectivity index (χ0) is 25.9. The van der Waals surface area contributed by atoms with Crippen LogP contribution in [0.25, 0.3) is 11.1 Å². The van der Waals surface area contributed by atoms with Gasteiger partial charge in [-0.15, -0.1) is 0 Å². The van der Waals surface area contributed by atoms with Gasteiger partial charge in [0.25, 0.3) is 0 Å². The Morgan fingerprint density at radius 2 is 1.67 bits per heavy atom. The van der Waals surface area contributed by atoms with Crippen LogP contribution in [0, 0.1) is 12.7 Å². The lowest BCUT2D eigenvalue weighted by Gasteiger charge is -2.18. The Labute approximate surface area is 207 Å². The normalized spacial score (nSPS) is 13.7. The number of alkyl halides is 3. The molecule has 0 aromatic heterocycles. The predicted molar refractivity (Wildman–Crippen MR) is 130 cm³/mol. The Bertz CT molecular complexity index is 1290. The van der Waals surface area contributed by atoms with Crippen molar-refractivity contribution in [3.8, 4) is 5.75 Å². The van der Waals surface area contributed by atoms with Crippen LogP contribution in [0.3, 0.4) is 0 Å². The summed E-state index contributed by atoms with van der Waals surface area (Å²) in [6.07, 6.45) is -2.51. The number of carbonyl (C=O) groups is 1. The maximum Gasteiger partial charge on any atom is 0.416 e. The highest BCUT2D eigenvalue weighted by Gasteiger charge is 2.32. The highest BCUT2D eigenvalue weighted by atomic mass is 19.4. The molecular formula is C29H26F4O3. The van der Waals surface area contributed by atoms with Crippen LogP contribution in [0.4, 0.5) is 17.6 Å². The minimum absolute atomic E-state index is 0.0821. The molecule has 3 aromatic rings. The second-order valence-corrected chi connectivity index (χ2v) is 8.74. The summed E-state index contributed by atoms with van der Waals surface area (Å²) in [7, 11) is 0. The van der Waals surface area contributed by atoms with Gasteiger partial charge in [-0.2, -0.15) is 13.2 Å². The summed E-state index contributed by atoms with van der Waals surface area (Å²) in [6, 6.07) is 14.6. The quantitative estimate of drug-likeness (QED) is 0.245. The van der Waals surface area contributed by atoms with Crippen molar-refractivity contribution in [1.82, 2.24) is 0 Å². The first-order valence-electron chi connectivity index (χ1n) is 11.8. The average molecular weight is 499 g/mol. The summed E-state index contributed by atoms with van der Waals surface area (Å²) in [5.41, 5.74) is 3.99. The third kappa shape index (κ3) is 5.78. The van der Waals surface area contributed by atoms with Crippen LogP contribution in [0.2, 0.25) is 0 Å². The molecule has 7 heteroatoms. The van der Waals surface area contributed by atoms with Crippen molar-refractivity contribution in [3.63, 3.8) is 0 Å². The van der Waals surface area contributed by atoms with Gasteiger partial charge in [0, 0.05) is 5.56 Å². The Morgan fingerprint density at radius 3 is 2.36 bits per heavy atom. The second kappa shape index (κ2) is 10.6. The highest BCUT2D eigenvalue weighted by Crippen LogP contribution is 2.45. The number of carbonyl (C=O) groups excluding carboxylic acids is 1. The molecule has 0 amide bonds. The van der Waals surface area contributed by atoms with E-state index in [4.69, 9.17) is 9.47 Å². The van der Waals surface area contributed by atoms with E-state index in [9.17, 15) is 22.4 Å². The van der Waals surface area contributed by atoms with Crippen molar-refractivity contribution >= 4 is 17.1 Å². The molecule has 1 aliphatic carbocycles. The van der Waals surface area contributed by atoms with Crippen LogP contribution in [0.15, 0.2) is 60.7 Å². The number of aryl methyl sites for hydroxylation is 1. The van der Waals surface area contributed by atoms with Gasteiger partial charge in [0.2, 0.25) is 0 Å². The molecule has 0 atom stereocenters. The van der Waals surface area contributed by atoms with Crippen molar-refractivity contribution in [1.29, 1.82) is 0 Å². The minimum Gasteiger partial charge on any atom is -0.488 e. The van der Waals surface area contributed by atoms with Gasteiger partial charge in [-0.05, 0) is 103 Å². The van der Waals surface area contributed by atoms with Crippen molar-refractivity contribution < 1.29 is 31.8 Å². The third-order valence-corrected chi connectivity index (χ3v) is 6.09. The first-order chi connectivity index (χ1) is 17.2. The van der Waals surface area contributed by atoms with Crippen molar-refractivity contribution in [2.24, 2.45) is 0 Å². The maximum absolute atomic E-state index is 13.6. The van der Waals surface area contributed by atoms with Crippen molar-refractivity contribution in [2.45, 2.75) is 45.9 Å². The van der Waals surface area contributed by atoms with Crippen LogP contribution in [0.5, 0.6) is 5.75 Å². The molecule has 36 heavy (non-hydrogen) atoms. The van der Waals surface area contributed by atoms with Gasteiger partial charge in [-0.1, -0.05) is 18.2 Å². The molecular weight excluding hydrogens is 472 g/mol. The lowest BCUT2D eigenvalue weighted by molar-refractivity contribution is -0.137. The van der Waals surface area contributed by atoms with Gasteiger partial charge >= 0.3 is 12.1 Å². The molecule has 0 aliphatic heterocycles. The minimum atomic E-state index is -4.51. The maximum atomic E-state index is 13.6. The molecule has 0 unspecified atom stereocenters. The number of rotatable bonds is 7. The molecule has 0 saturated heterocycles. The van der Waals surface area contributed by atoms with E-state index in [-0.39, 0.29) is 19.0 Å². The molecule has 0 saturated carbocycles. The molecule has 0 radical (unpaired) electrons. The molecule has 188 valence electrons.